The van der Waals surface area contributed by atoms with E-state index in [0.717, 1.165) is 6.42 Å². The van der Waals surface area contributed by atoms with Crippen LogP contribution in [0.2, 0.25) is 0 Å². The smallest absolute Gasteiger partial charge is 0.407 e. The standard InChI is InChI=1S/C28H37NO7/c1-2-8-27(30)35-20-19-34-18-17-33-16-15-32-14-7-13-29-28(31)36-21-26-24-11-5-3-9-22(24)23-10-4-6-12-25(23)26/h3-6,9-12,26H,2,7-8,13-21H2,1H3,(H,29,31). The van der Waals surface area contributed by atoms with E-state index in [0.29, 0.717) is 65.6 Å². The highest BCUT2D eigenvalue weighted by Crippen LogP contribution is 2.44. The normalized spacial score (nSPS) is 12.1. The first-order chi connectivity index (χ1) is 17.7. The molecule has 2 aromatic carbocycles. The molecule has 0 fully saturated rings. The van der Waals surface area contributed by atoms with E-state index >= 15 is 0 Å². The summed E-state index contributed by atoms with van der Waals surface area (Å²) < 4.78 is 26.8. The molecule has 0 heterocycles. The summed E-state index contributed by atoms with van der Waals surface area (Å²) in [5, 5.41) is 2.78. The Morgan fingerprint density at radius 1 is 0.750 bits per heavy atom. The maximum absolute atomic E-state index is 12.2. The number of fused-ring (bicyclic) bond motifs is 3. The molecular formula is C28H37NO7. The third kappa shape index (κ3) is 8.93. The van der Waals surface area contributed by atoms with Crippen LogP contribution in [0.3, 0.4) is 0 Å². The van der Waals surface area contributed by atoms with Gasteiger partial charge < -0.3 is 29.0 Å². The minimum absolute atomic E-state index is 0.0558. The lowest BCUT2D eigenvalue weighted by atomic mass is 9.98. The van der Waals surface area contributed by atoms with Gasteiger partial charge in [-0.3, -0.25) is 4.79 Å². The topological polar surface area (TPSA) is 92.3 Å². The fourth-order valence-corrected chi connectivity index (χ4v) is 4.05. The third-order valence-corrected chi connectivity index (χ3v) is 5.77. The Morgan fingerprint density at radius 3 is 1.92 bits per heavy atom. The second kappa shape index (κ2) is 15.9. The molecule has 36 heavy (non-hydrogen) atoms. The van der Waals surface area contributed by atoms with Crippen LogP contribution in [0.25, 0.3) is 11.1 Å². The van der Waals surface area contributed by atoms with Crippen molar-refractivity contribution in [3.05, 3.63) is 59.7 Å². The molecule has 1 aliphatic carbocycles. The average Bonchev–Trinajstić information content (AvgIpc) is 3.21. The Kier molecular flexibility index (Phi) is 12.2. The van der Waals surface area contributed by atoms with Crippen molar-refractivity contribution in [2.75, 3.05) is 59.4 Å². The first-order valence-corrected chi connectivity index (χ1v) is 12.7. The molecule has 8 nitrogen and oxygen atoms in total. The van der Waals surface area contributed by atoms with Crippen LogP contribution in [0.4, 0.5) is 4.79 Å². The number of esters is 1. The van der Waals surface area contributed by atoms with E-state index in [9.17, 15) is 9.59 Å². The Labute approximate surface area is 213 Å². The first-order valence-electron chi connectivity index (χ1n) is 12.7. The number of amides is 1. The van der Waals surface area contributed by atoms with Gasteiger partial charge in [0.1, 0.15) is 13.2 Å². The van der Waals surface area contributed by atoms with Gasteiger partial charge in [0.15, 0.2) is 0 Å². The minimum atomic E-state index is -0.416. The third-order valence-electron chi connectivity index (χ3n) is 5.77. The summed E-state index contributed by atoms with van der Waals surface area (Å²) in [6.07, 6.45) is 1.49. The van der Waals surface area contributed by atoms with Gasteiger partial charge in [0, 0.05) is 25.5 Å². The zero-order valence-electron chi connectivity index (χ0n) is 21.0. The van der Waals surface area contributed by atoms with Crippen LogP contribution in [-0.2, 0) is 28.5 Å². The largest absolute Gasteiger partial charge is 0.463 e. The minimum Gasteiger partial charge on any atom is -0.463 e. The molecule has 8 heteroatoms. The van der Waals surface area contributed by atoms with Crippen LogP contribution in [0.1, 0.15) is 43.2 Å². The van der Waals surface area contributed by atoms with Gasteiger partial charge >= 0.3 is 12.1 Å². The number of carbonyl (C=O) groups excluding carboxylic acids is 2. The molecule has 1 aliphatic rings. The average molecular weight is 500 g/mol. The molecule has 0 aliphatic heterocycles. The Balaban J connectivity index is 1.15. The quantitative estimate of drug-likeness (QED) is 0.256. The monoisotopic (exact) mass is 499 g/mol. The number of ether oxygens (including phenoxy) is 5. The van der Waals surface area contributed by atoms with Crippen LogP contribution >= 0.6 is 0 Å². The lowest BCUT2D eigenvalue weighted by Gasteiger charge is -2.14. The van der Waals surface area contributed by atoms with E-state index in [1.807, 2.05) is 31.2 Å². The highest BCUT2D eigenvalue weighted by Gasteiger charge is 2.28. The molecule has 196 valence electrons. The van der Waals surface area contributed by atoms with Crippen molar-refractivity contribution < 1.29 is 33.3 Å². The van der Waals surface area contributed by atoms with Gasteiger partial charge in [0.2, 0.25) is 0 Å². The lowest BCUT2D eigenvalue weighted by molar-refractivity contribution is -0.145. The van der Waals surface area contributed by atoms with Crippen molar-refractivity contribution in [3.63, 3.8) is 0 Å². The number of hydrogen-bond donors (Lipinski definition) is 1. The summed E-state index contributed by atoms with van der Waals surface area (Å²) in [4.78, 5) is 23.3. The number of benzene rings is 2. The van der Waals surface area contributed by atoms with Crippen molar-refractivity contribution in [3.8, 4) is 11.1 Å². The summed E-state index contributed by atoms with van der Waals surface area (Å²) >= 11 is 0. The summed E-state index contributed by atoms with van der Waals surface area (Å²) in [5.74, 6) is -0.136. The zero-order valence-corrected chi connectivity index (χ0v) is 21.0. The number of nitrogens with one attached hydrogen (secondary N) is 1. The highest BCUT2D eigenvalue weighted by atomic mass is 16.6. The van der Waals surface area contributed by atoms with Gasteiger partial charge in [0.25, 0.3) is 0 Å². The zero-order chi connectivity index (χ0) is 25.4. The summed E-state index contributed by atoms with van der Waals surface area (Å²) in [5.41, 5.74) is 4.81. The molecule has 3 rings (SSSR count). The van der Waals surface area contributed by atoms with E-state index in [1.54, 1.807) is 0 Å². The van der Waals surface area contributed by atoms with Gasteiger partial charge in [-0.15, -0.1) is 0 Å². The summed E-state index contributed by atoms with van der Waals surface area (Å²) in [6.45, 7) is 5.71. The van der Waals surface area contributed by atoms with Crippen LogP contribution < -0.4 is 5.32 Å². The van der Waals surface area contributed by atoms with E-state index in [2.05, 4.69) is 29.6 Å². The maximum Gasteiger partial charge on any atom is 0.407 e. The fourth-order valence-electron chi connectivity index (χ4n) is 4.05. The fraction of sp³-hybridized carbons (Fsp3) is 0.500. The molecular weight excluding hydrogens is 462 g/mol. The van der Waals surface area contributed by atoms with Crippen molar-refractivity contribution >= 4 is 12.1 Å². The number of hydrogen-bond acceptors (Lipinski definition) is 7. The Bertz CT molecular complexity index is 904. The number of alkyl carbamates (subject to hydrolysis) is 1. The number of carbonyl (C=O) groups is 2. The predicted octanol–water partition coefficient (Wildman–Crippen LogP) is 4.31. The summed E-state index contributed by atoms with van der Waals surface area (Å²) in [6, 6.07) is 16.5. The summed E-state index contributed by atoms with van der Waals surface area (Å²) in [7, 11) is 0. The van der Waals surface area contributed by atoms with E-state index < -0.39 is 6.09 Å². The Hall–Kier alpha value is -2.94. The molecule has 0 aromatic heterocycles. The van der Waals surface area contributed by atoms with Crippen LogP contribution in [0.5, 0.6) is 0 Å². The van der Waals surface area contributed by atoms with Crippen molar-refractivity contribution in [2.24, 2.45) is 0 Å². The SMILES string of the molecule is CCCC(=O)OCCOCCOCCOCCCNC(=O)OCC1c2ccccc2-c2ccccc21. The predicted molar refractivity (Wildman–Crippen MR) is 136 cm³/mol. The van der Waals surface area contributed by atoms with Crippen molar-refractivity contribution in [1.82, 2.24) is 5.32 Å². The molecule has 1 N–H and O–H groups in total. The van der Waals surface area contributed by atoms with Crippen LogP contribution in [-0.4, -0.2) is 71.5 Å². The van der Waals surface area contributed by atoms with Gasteiger partial charge in [-0.25, -0.2) is 4.79 Å². The first kappa shape index (κ1) is 27.6. The molecule has 0 bridgehead atoms. The molecule has 0 saturated heterocycles. The van der Waals surface area contributed by atoms with E-state index in [-0.39, 0.29) is 18.5 Å². The van der Waals surface area contributed by atoms with E-state index in [4.69, 9.17) is 23.7 Å². The molecule has 0 unspecified atom stereocenters. The highest BCUT2D eigenvalue weighted by molar-refractivity contribution is 5.79. The number of rotatable bonds is 17. The lowest BCUT2D eigenvalue weighted by Crippen LogP contribution is -2.27. The van der Waals surface area contributed by atoms with Crippen molar-refractivity contribution in [2.45, 2.75) is 32.1 Å². The van der Waals surface area contributed by atoms with Crippen molar-refractivity contribution in [1.29, 1.82) is 0 Å². The maximum atomic E-state index is 12.2. The van der Waals surface area contributed by atoms with Gasteiger partial charge in [0.05, 0.1) is 33.0 Å². The molecule has 0 atom stereocenters. The van der Waals surface area contributed by atoms with Gasteiger partial charge in [-0.1, -0.05) is 55.5 Å². The van der Waals surface area contributed by atoms with Gasteiger partial charge in [-0.05, 0) is 35.1 Å². The molecule has 1 amide bonds. The van der Waals surface area contributed by atoms with Crippen LogP contribution in [0, 0.1) is 0 Å². The molecule has 0 saturated carbocycles. The molecule has 2 aromatic rings. The molecule has 0 radical (unpaired) electrons. The van der Waals surface area contributed by atoms with E-state index in [1.165, 1.54) is 22.3 Å². The van der Waals surface area contributed by atoms with Crippen LogP contribution in [0.15, 0.2) is 48.5 Å². The second-order valence-corrected chi connectivity index (χ2v) is 8.41. The van der Waals surface area contributed by atoms with Gasteiger partial charge in [-0.2, -0.15) is 0 Å². The Morgan fingerprint density at radius 2 is 1.31 bits per heavy atom. The molecule has 0 spiro atoms. The second-order valence-electron chi connectivity index (χ2n) is 8.41.